The third kappa shape index (κ3) is 5.69. The lowest BCUT2D eigenvalue weighted by molar-refractivity contribution is -0.119. The highest BCUT2D eigenvalue weighted by atomic mass is 16.5. The van der Waals surface area contributed by atoms with Gasteiger partial charge in [0.1, 0.15) is 0 Å². The quantitative estimate of drug-likeness (QED) is 0.670. The Bertz CT molecular complexity index is 900. The zero-order chi connectivity index (χ0) is 21.5. The standard InChI is InChI=1S/C24H28N2O4/c1-16(2)17-11-13-18(14-12-17)24(29)30-15-22(27)26-21-10-6-5-9-20(21)23(28)25-19-7-3-4-8-19/h5-6,9-14,16,19H,3-4,7-8,15H2,1-2H3,(H,25,28)(H,26,27). The normalized spacial score (nSPS) is 13.8. The molecule has 2 amide bonds. The summed E-state index contributed by atoms with van der Waals surface area (Å²) in [5, 5.41) is 5.69. The maximum absolute atomic E-state index is 12.6. The van der Waals surface area contributed by atoms with Gasteiger partial charge < -0.3 is 15.4 Å². The Kier molecular flexibility index (Phi) is 7.22. The maximum Gasteiger partial charge on any atom is 0.338 e. The molecule has 0 heterocycles. The number of amides is 2. The smallest absolute Gasteiger partial charge is 0.338 e. The van der Waals surface area contributed by atoms with Gasteiger partial charge in [-0.25, -0.2) is 4.79 Å². The van der Waals surface area contributed by atoms with Crippen molar-refractivity contribution in [2.45, 2.75) is 51.5 Å². The van der Waals surface area contributed by atoms with Crippen LogP contribution in [-0.2, 0) is 9.53 Å². The van der Waals surface area contributed by atoms with Crippen molar-refractivity contribution in [1.82, 2.24) is 5.32 Å². The number of hydrogen-bond acceptors (Lipinski definition) is 4. The van der Waals surface area contributed by atoms with Crippen molar-refractivity contribution >= 4 is 23.5 Å². The minimum absolute atomic E-state index is 0.185. The minimum Gasteiger partial charge on any atom is -0.452 e. The second-order valence-electron chi connectivity index (χ2n) is 7.90. The number of carbonyl (C=O) groups is 3. The molecule has 1 fully saturated rings. The van der Waals surface area contributed by atoms with Gasteiger partial charge in [0.05, 0.1) is 16.8 Å². The van der Waals surface area contributed by atoms with Gasteiger partial charge in [0.15, 0.2) is 6.61 Å². The monoisotopic (exact) mass is 408 g/mol. The molecule has 2 aromatic rings. The number of esters is 1. The van der Waals surface area contributed by atoms with Crippen molar-refractivity contribution in [2.75, 3.05) is 11.9 Å². The van der Waals surface area contributed by atoms with Crippen LogP contribution in [0.5, 0.6) is 0 Å². The van der Waals surface area contributed by atoms with E-state index in [1.54, 1.807) is 36.4 Å². The molecule has 1 aliphatic carbocycles. The summed E-state index contributed by atoms with van der Waals surface area (Å²) in [6, 6.07) is 14.1. The summed E-state index contributed by atoms with van der Waals surface area (Å²) in [6.07, 6.45) is 4.20. The van der Waals surface area contributed by atoms with Crippen LogP contribution in [0.3, 0.4) is 0 Å². The van der Waals surface area contributed by atoms with Crippen LogP contribution in [0.25, 0.3) is 0 Å². The molecule has 0 bridgehead atoms. The van der Waals surface area contributed by atoms with E-state index < -0.39 is 18.5 Å². The summed E-state index contributed by atoms with van der Waals surface area (Å²) in [5.74, 6) is -0.900. The van der Waals surface area contributed by atoms with Crippen molar-refractivity contribution in [3.05, 3.63) is 65.2 Å². The molecule has 0 atom stereocenters. The molecule has 0 spiro atoms. The van der Waals surface area contributed by atoms with Crippen LogP contribution in [-0.4, -0.2) is 30.4 Å². The molecule has 1 aliphatic rings. The SMILES string of the molecule is CC(C)c1ccc(C(=O)OCC(=O)Nc2ccccc2C(=O)NC2CCCC2)cc1. The molecule has 0 unspecified atom stereocenters. The predicted molar refractivity (Wildman–Crippen MR) is 116 cm³/mol. The maximum atomic E-state index is 12.6. The average Bonchev–Trinajstić information content (AvgIpc) is 3.25. The van der Waals surface area contributed by atoms with Gasteiger partial charge in [0, 0.05) is 6.04 Å². The van der Waals surface area contributed by atoms with Gasteiger partial charge in [-0.3, -0.25) is 9.59 Å². The van der Waals surface area contributed by atoms with Gasteiger partial charge in [0.2, 0.25) is 0 Å². The lowest BCUT2D eigenvalue weighted by Gasteiger charge is -2.15. The van der Waals surface area contributed by atoms with Crippen LogP contribution in [0.2, 0.25) is 0 Å². The van der Waals surface area contributed by atoms with E-state index >= 15 is 0 Å². The predicted octanol–water partition coefficient (Wildman–Crippen LogP) is 4.28. The third-order valence-electron chi connectivity index (χ3n) is 5.28. The summed E-state index contributed by atoms with van der Waals surface area (Å²) in [7, 11) is 0. The fourth-order valence-corrected chi connectivity index (χ4v) is 3.53. The number of carbonyl (C=O) groups excluding carboxylic acids is 3. The number of ether oxygens (including phenoxy) is 1. The van der Waals surface area contributed by atoms with Crippen LogP contribution in [0.4, 0.5) is 5.69 Å². The Morgan fingerprint density at radius 2 is 1.67 bits per heavy atom. The first-order valence-electron chi connectivity index (χ1n) is 10.4. The summed E-state index contributed by atoms with van der Waals surface area (Å²) < 4.78 is 5.12. The number of anilines is 1. The zero-order valence-corrected chi connectivity index (χ0v) is 17.4. The molecular weight excluding hydrogens is 380 g/mol. The van der Waals surface area contributed by atoms with Crippen molar-refractivity contribution in [3.63, 3.8) is 0 Å². The molecule has 0 aromatic heterocycles. The molecule has 2 aromatic carbocycles. The van der Waals surface area contributed by atoms with Crippen LogP contribution in [0.15, 0.2) is 48.5 Å². The highest BCUT2D eigenvalue weighted by Crippen LogP contribution is 2.20. The number of rotatable bonds is 7. The summed E-state index contributed by atoms with van der Waals surface area (Å²) >= 11 is 0. The summed E-state index contributed by atoms with van der Waals surface area (Å²) in [6.45, 7) is 3.72. The molecule has 0 aliphatic heterocycles. The Hall–Kier alpha value is -3.15. The van der Waals surface area contributed by atoms with Crippen molar-refractivity contribution in [1.29, 1.82) is 0 Å². The Balaban J connectivity index is 1.55. The van der Waals surface area contributed by atoms with E-state index in [0.29, 0.717) is 22.7 Å². The second kappa shape index (κ2) is 10.1. The molecule has 6 heteroatoms. The summed E-state index contributed by atoms with van der Waals surface area (Å²) in [4.78, 5) is 37.1. The molecule has 30 heavy (non-hydrogen) atoms. The topological polar surface area (TPSA) is 84.5 Å². The van der Waals surface area contributed by atoms with Crippen LogP contribution >= 0.6 is 0 Å². The van der Waals surface area contributed by atoms with Gasteiger partial charge in [-0.2, -0.15) is 0 Å². The van der Waals surface area contributed by atoms with Crippen molar-refractivity contribution < 1.29 is 19.1 Å². The molecular formula is C24H28N2O4. The fraction of sp³-hybridized carbons (Fsp3) is 0.375. The van der Waals surface area contributed by atoms with Gasteiger partial charge in [0.25, 0.3) is 11.8 Å². The van der Waals surface area contributed by atoms with Gasteiger partial charge >= 0.3 is 5.97 Å². The summed E-state index contributed by atoms with van der Waals surface area (Å²) in [5.41, 5.74) is 2.31. The van der Waals surface area contributed by atoms with Crippen LogP contribution in [0, 0.1) is 0 Å². The Labute approximate surface area is 177 Å². The molecule has 0 radical (unpaired) electrons. The third-order valence-corrected chi connectivity index (χ3v) is 5.28. The Morgan fingerprint density at radius 1 is 1.00 bits per heavy atom. The number of nitrogens with one attached hydrogen (secondary N) is 2. The van der Waals surface area contributed by atoms with Crippen molar-refractivity contribution in [2.24, 2.45) is 0 Å². The second-order valence-corrected chi connectivity index (χ2v) is 7.90. The van der Waals surface area contributed by atoms with Crippen molar-refractivity contribution in [3.8, 4) is 0 Å². The lowest BCUT2D eigenvalue weighted by Crippen LogP contribution is -2.33. The van der Waals surface area contributed by atoms with Gasteiger partial charge in [-0.15, -0.1) is 0 Å². The van der Waals surface area contributed by atoms with E-state index in [4.69, 9.17) is 4.74 Å². The molecule has 1 saturated carbocycles. The Morgan fingerprint density at radius 3 is 2.33 bits per heavy atom. The number of para-hydroxylation sites is 1. The van der Waals surface area contributed by atoms with E-state index in [9.17, 15) is 14.4 Å². The molecule has 6 nitrogen and oxygen atoms in total. The first kappa shape index (κ1) is 21.6. The molecule has 0 saturated heterocycles. The molecule has 3 rings (SSSR count). The first-order chi connectivity index (χ1) is 14.4. The minimum atomic E-state index is -0.562. The van der Waals surface area contributed by atoms with E-state index in [0.717, 1.165) is 31.2 Å². The first-order valence-corrected chi connectivity index (χ1v) is 10.4. The van der Waals surface area contributed by atoms with E-state index in [1.807, 2.05) is 12.1 Å². The number of benzene rings is 2. The molecule has 2 N–H and O–H groups in total. The van der Waals surface area contributed by atoms with E-state index in [1.165, 1.54) is 0 Å². The van der Waals surface area contributed by atoms with Crippen LogP contribution < -0.4 is 10.6 Å². The van der Waals surface area contributed by atoms with Gasteiger partial charge in [-0.05, 0) is 48.6 Å². The largest absolute Gasteiger partial charge is 0.452 e. The van der Waals surface area contributed by atoms with Gasteiger partial charge in [-0.1, -0.05) is 51.0 Å². The average molecular weight is 408 g/mol. The highest BCUT2D eigenvalue weighted by Gasteiger charge is 2.20. The lowest BCUT2D eigenvalue weighted by atomic mass is 10.0. The van der Waals surface area contributed by atoms with E-state index in [2.05, 4.69) is 24.5 Å². The molecule has 158 valence electrons. The highest BCUT2D eigenvalue weighted by molar-refractivity contribution is 6.04. The number of hydrogen-bond donors (Lipinski definition) is 2. The van der Waals surface area contributed by atoms with Crippen LogP contribution in [0.1, 0.15) is 71.7 Å². The van der Waals surface area contributed by atoms with E-state index in [-0.39, 0.29) is 11.9 Å². The zero-order valence-electron chi connectivity index (χ0n) is 17.4. The fourth-order valence-electron chi connectivity index (χ4n) is 3.53.